The first kappa shape index (κ1) is 20.1. The van der Waals surface area contributed by atoms with E-state index in [1.54, 1.807) is 6.07 Å². The van der Waals surface area contributed by atoms with Crippen LogP contribution in [-0.2, 0) is 14.8 Å². The molecule has 3 aliphatic rings. The Hall–Kier alpha value is -1.22. The highest BCUT2D eigenvalue weighted by atomic mass is 32.2. The van der Waals surface area contributed by atoms with Crippen LogP contribution in [0.2, 0.25) is 0 Å². The van der Waals surface area contributed by atoms with Crippen molar-refractivity contribution < 1.29 is 13.2 Å². The SMILES string of the molecule is CC1CCC(N2CCN(c3ccc(S(=O)(=O)N4CCOCC4)cn3)CC2)CC1. The summed E-state index contributed by atoms with van der Waals surface area (Å²) >= 11 is 0. The molecule has 2 aliphatic heterocycles. The van der Waals surface area contributed by atoms with Crippen molar-refractivity contribution in [3.63, 3.8) is 0 Å². The molecule has 0 bridgehead atoms. The van der Waals surface area contributed by atoms with Gasteiger partial charge in [0.1, 0.15) is 10.7 Å². The second kappa shape index (κ2) is 8.65. The lowest BCUT2D eigenvalue weighted by atomic mass is 9.86. The molecule has 0 unspecified atom stereocenters. The monoisotopic (exact) mass is 408 g/mol. The van der Waals surface area contributed by atoms with Crippen molar-refractivity contribution in [3.05, 3.63) is 18.3 Å². The zero-order valence-electron chi connectivity index (χ0n) is 16.8. The number of hydrogen-bond acceptors (Lipinski definition) is 6. The Kier molecular flexibility index (Phi) is 6.20. The van der Waals surface area contributed by atoms with Gasteiger partial charge in [0.15, 0.2) is 0 Å². The molecule has 3 heterocycles. The van der Waals surface area contributed by atoms with E-state index < -0.39 is 10.0 Å². The lowest BCUT2D eigenvalue weighted by Crippen LogP contribution is -2.51. The van der Waals surface area contributed by atoms with Gasteiger partial charge in [-0.15, -0.1) is 0 Å². The number of aromatic nitrogens is 1. The zero-order chi connectivity index (χ0) is 19.6. The average molecular weight is 409 g/mol. The third-order valence-electron chi connectivity index (χ3n) is 6.47. The number of morpholine rings is 1. The third kappa shape index (κ3) is 4.35. The third-order valence-corrected chi connectivity index (χ3v) is 8.35. The van der Waals surface area contributed by atoms with Crippen molar-refractivity contribution in [1.29, 1.82) is 0 Å². The Morgan fingerprint density at radius 2 is 1.64 bits per heavy atom. The number of rotatable bonds is 4. The highest BCUT2D eigenvalue weighted by Gasteiger charge is 2.29. The fourth-order valence-corrected chi connectivity index (χ4v) is 5.93. The van der Waals surface area contributed by atoms with Gasteiger partial charge in [-0.2, -0.15) is 4.31 Å². The second-order valence-electron chi connectivity index (χ2n) is 8.31. The van der Waals surface area contributed by atoms with Gasteiger partial charge in [0.2, 0.25) is 10.0 Å². The molecule has 0 N–H and O–H groups in total. The molecular formula is C20H32N4O3S. The van der Waals surface area contributed by atoms with Crippen molar-refractivity contribution in [2.75, 3.05) is 57.4 Å². The summed E-state index contributed by atoms with van der Waals surface area (Å²) < 4.78 is 32.2. The van der Waals surface area contributed by atoms with E-state index in [1.807, 2.05) is 6.07 Å². The van der Waals surface area contributed by atoms with Crippen LogP contribution < -0.4 is 4.90 Å². The van der Waals surface area contributed by atoms with E-state index in [9.17, 15) is 8.42 Å². The summed E-state index contributed by atoms with van der Waals surface area (Å²) in [5, 5.41) is 0. The van der Waals surface area contributed by atoms with Gasteiger partial charge in [0.25, 0.3) is 0 Å². The van der Waals surface area contributed by atoms with Crippen LogP contribution >= 0.6 is 0 Å². The van der Waals surface area contributed by atoms with Gasteiger partial charge in [-0.25, -0.2) is 13.4 Å². The van der Waals surface area contributed by atoms with E-state index in [1.165, 1.54) is 36.2 Å². The van der Waals surface area contributed by atoms with E-state index in [2.05, 4.69) is 21.7 Å². The fourth-order valence-electron chi connectivity index (χ4n) is 4.57. The summed E-state index contributed by atoms with van der Waals surface area (Å²) in [4.78, 5) is 9.66. The minimum Gasteiger partial charge on any atom is -0.379 e. The van der Waals surface area contributed by atoms with E-state index in [0.29, 0.717) is 26.3 Å². The summed E-state index contributed by atoms with van der Waals surface area (Å²) in [6.07, 6.45) is 6.87. The van der Waals surface area contributed by atoms with Crippen LogP contribution in [0.3, 0.4) is 0 Å². The van der Waals surface area contributed by atoms with Gasteiger partial charge in [-0.1, -0.05) is 6.92 Å². The van der Waals surface area contributed by atoms with Crippen LogP contribution in [-0.4, -0.2) is 81.1 Å². The molecule has 28 heavy (non-hydrogen) atoms. The van der Waals surface area contributed by atoms with E-state index in [-0.39, 0.29) is 4.90 Å². The van der Waals surface area contributed by atoms with Gasteiger partial charge in [0, 0.05) is 51.5 Å². The molecule has 0 spiro atoms. The molecule has 1 saturated carbocycles. The molecule has 1 aromatic heterocycles. The molecule has 0 atom stereocenters. The van der Waals surface area contributed by atoms with E-state index in [4.69, 9.17) is 4.74 Å². The Balaban J connectivity index is 1.34. The maximum absolute atomic E-state index is 12.7. The normalized spacial score (nSPS) is 28.4. The molecule has 1 aliphatic carbocycles. The molecule has 7 nitrogen and oxygen atoms in total. The maximum atomic E-state index is 12.7. The molecule has 0 amide bonds. The Morgan fingerprint density at radius 3 is 2.25 bits per heavy atom. The number of pyridine rings is 1. The first-order valence-electron chi connectivity index (χ1n) is 10.6. The van der Waals surface area contributed by atoms with Crippen molar-refractivity contribution in [1.82, 2.24) is 14.2 Å². The highest BCUT2D eigenvalue weighted by Crippen LogP contribution is 2.28. The predicted octanol–water partition coefficient (Wildman–Crippen LogP) is 1.80. The van der Waals surface area contributed by atoms with Gasteiger partial charge in [0.05, 0.1) is 13.2 Å². The molecule has 0 aromatic carbocycles. The van der Waals surface area contributed by atoms with Crippen molar-refractivity contribution in [2.24, 2.45) is 5.92 Å². The largest absolute Gasteiger partial charge is 0.379 e. The lowest BCUT2D eigenvalue weighted by Gasteiger charge is -2.42. The highest BCUT2D eigenvalue weighted by molar-refractivity contribution is 7.89. The van der Waals surface area contributed by atoms with Gasteiger partial charge < -0.3 is 9.64 Å². The summed E-state index contributed by atoms with van der Waals surface area (Å²) in [5.74, 6) is 1.76. The molecule has 4 rings (SSSR count). The maximum Gasteiger partial charge on any atom is 0.244 e. The number of ether oxygens (including phenoxy) is 1. The van der Waals surface area contributed by atoms with Crippen LogP contribution in [0.4, 0.5) is 5.82 Å². The molecule has 1 aromatic rings. The standard InChI is InChI=1S/C20H32N4O3S/c1-17-2-4-18(5-3-17)22-8-10-23(11-9-22)20-7-6-19(16-21-20)28(25,26)24-12-14-27-15-13-24/h6-7,16-18H,2-5,8-15H2,1H3. The Labute approximate surface area is 168 Å². The Morgan fingerprint density at radius 1 is 0.964 bits per heavy atom. The van der Waals surface area contributed by atoms with E-state index in [0.717, 1.165) is 44.0 Å². The molecule has 156 valence electrons. The van der Waals surface area contributed by atoms with Crippen molar-refractivity contribution >= 4 is 15.8 Å². The summed E-state index contributed by atoms with van der Waals surface area (Å²) in [6, 6.07) is 4.29. The first-order valence-corrected chi connectivity index (χ1v) is 12.0. The summed E-state index contributed by atoms with van der Waals surface area (Å²) in [6.45, 7) is 8.12. The van der Waals surface area contributed by atoms with Crippen LogP contribution in [0.5, 0.6) is 0 Å². The minimum absolute atomic E-state index is 0.271. The van der Waals surface area contributed by atoms with Crippen LogP contribution in [0.15, 0.2) is 23.2 Å². The number of hydrogen-bond donors (Lipinski definition) is 0. The number of nitrogens with zero attached hydrogens (tertiary/aromatic N) is 4. The van der Waals surface area contributed by atoms with Crippen LogP contribution in [0.25, 0.3) is 0 Å². The van der Waals surface area contributed by atoms with Crippen LogP contribution in [0.1, 0.15) is 32.6 Å². The molecular weight excluding hydrogens is 376 g/mol. The number of anilines is 1. The molecule has 3 fully saturated rings. The molecule has 0 radical (unpaired) electrons. The van der Waals surface area contributed by atoms with Crippen LogP contribution in [0, 0.1) is 5.92 Å². The molecule has 8 heteroatoms. The van der Waals surface area contributed by atoms with Gasteiger partial charge in [-0.05, 0) is 43.7 Å². The number of sulfonamides is 1. The number of piperazine rings is 1. The predicted molar refractivity (Wildman–Crippen MR) is 109 cm³/mol. The smallest absolute Gasteiger partial charge is 0.244 e. The average Bonchev–Trinajstić information content (AvgIpc) is 2.75. The Bertz CT molecular complexity index is 733. The van der Waals surface area contributed by atoms with E-state index >= 15 is 0 Å². The van der Waals surface area contributed by atoms with Crippen molar-refractivity contribution in [3.8, 4) is 0 Å². The fraction of sp³-hybridized carbons (Fsp3) is 0.750. The minimum atomic E-state index is -3.47. The zero-order valence-corrected chi connectivity index (χ0v) is 17.6. The topological polar surface area (TPSA) is 66.0 Å². The van der Waals surface area contributed by atoms with Gasteiger partial charge in [-0.3, -0.25) is 4.90 Å². The summed E-state index contributed by atoms with van der Waals surface area (Å²) in [7, 11) is -3.47. The molecule has 2 saturated heterocycles. The summed E-state index contributed by atoms with van der Waals surface area (Å²) in [5.41, 5.74) is 0. The second-order valence-corrected chi connectivity index (χ2v) is 10.2. The lowest BCUT2D eigenvalue weighted by molar-refractivity contribution is 0.0730. The quantitative estimate of drug-likeness (QED) is 0.757. The first-order chi connectivity index (χ1) is 13.5. The van der Waals surface area contributed by atoms with Gasteiger partial charge >= 0.3 is 0 Å². The van der Waals surface area contributed by atoms with Crippen molar-refractivity contribution in [2.45, 2.75) is 43.5 Å².